The zero-order chi connectivity index (χ0) is 23.5. The minimum absolute atomic E-state index is 0.342. The van der Waals surface area contributed by atoms with E-state index in [2.05, 4.69) is 39.0 Å². The summed E-state index contributed by atoms with van der Waals surface area (Å²) in [5.41, 5.74) is 1.72. The molecule has 1 aromatic carbocycles. The predicted octanol–water partition coefficient (Wildman–Crippen LogP) is 3.94. The fourth-order valence-electron chi connectivity index (χ4n) is 4.74. The number of ether oxygens (including phenoxy) is 2. The van der Waals surface area contributed by atoms with E-state index in [0.29, 0.717) is 12.2 Å². The maximum Gasteiger partial charge on any atom is 0.490 e. The molecule has 5 rings (SSSR count). The molecule has 178 valence electrons. The van der Waals surface area contributed by atoms with Crippen LogP contribution in [-0.2, 0) is 11.3 Å². The second-order valence-corrected chi connectivity index (χ2v) is 8.66. The zero-order valence-electron chi connectivity index (χ0n) is 18.1. The van der Waals surface area contributed by atoms with E-state index in [0.717, 1.165) is 37.0 Å². The van der Waals surface area contributed by atoms with Crippen molar-refractivity contribution in [2.24, 2.45) is 5.41 Å². The average molecular weight is 465 g/mol. The molecule has 1 spiro atoms. The van der Waals surface area contributed by atoms with Crippen molar-refractivity contribution >= 4 is 11.8 Å². The van der Waals surface area contributed by atoms with Gasteiger partial charge in [-0.2, -0.15) is 13.2 Å². The van der Waals surface area contributed by atoms with Gasteiger partial charge in [0, 0.05) is 37.8 Å². The van der Waals surface area contributed by atoms with Crippen LogP contribution in [0, 0.1) is 5.41 Å². The summed E-state index contributed by atoms with van der Waals surface area (Å²) in [6.07, 6.45) is 0.681. The Morgan fingerprint density at radius 1 is 1.09 bits per heavy atom. The monoisotopic (exact) mass is 465 g/mol. The molecule has 1 atom stereocenters. The fourth-order valence-corrected chi connectivity index (χ4v) is 4.74. The molecule has 7 nitrogen and oxygen atoms in total. The highest BCUT2D eigenvalue weighted by Crippen LogP contribution is 2.41. The summed E-state index contributed by atoms with van der Waals surface area (Å²) in [6, 6.07) is 12.6. The second kappa shape index (κ2) is 9.46. The molecule has 10 heteroatoms. The van der Waals surface area contributed by atoms with E-state index in [-0.39, 0.29) is 0 Å². The Morgan fingerprint density at radius 3 is 2.61 bits per heavy atom. The van der Waals surface area contributed by atoms with Gasteiger partial charge < -0.3 is 19.5 Å². The van der Waals surface area contributed by atoms with Crippen LogP contribution in [-0.4, -0.2) is 60.1 Å². The minimum Gasteiger partial charge on any atom is -0.475 e. The summed E-state index contributed by atoms with van der Waals surface area (Å²) >= 11 is 0. The number of aliphatic carboxylic acids is 1. The number of alkyl halides is 3. The third-order valence-corrected chi connectivity index (χ3v) is 6.24. The lowest BCUT2D eigenvalue weighted by Gasteiger charge is -2.41. The van der Waals surface area contributed by atoms with Crippen LogP contribution in [0.5, 0.6) is 11.5 Å². The van der Waals surface area contributed by atoms with Crippen molar-refractivity contribution < 1.29 is 32.5 Å². The number of carboxylic acid groups (broad SMARTS) is 1. The number of carboxylic acids is 1. The SMILES string of the molecule is O=C(O)C(F)(F)F.c1ccc(N2CCCC3(CCN(Cc4ccc5c(c4)OCO5)C3)C2)nc1. The molecule has 2 saturated heterocycles. The van der Waals surface area contributed by atoms with Gasteiger partial charge in [-0.15, -0.1) is 0 Å². The minimum atomic E-state index is -5.08. The fraction of sp³-hybridized carbons (Fsp3) is 0.478. The first kappa shape index (κ1) is 23.2. The normalized spacial score (nSPS) is 22.2. The Balaban J connectivity index is 0.000000325. The van der Waals surface area contributed by atoms with Crippen molar-refractivity contribution in [1.29, 1.82) is 0 Å². The molecular weight excluding hydrogens is 439 g/mol. The number of benzene rings is 1. The molecule has 2 aromatic rings. The van der Waals surface area contributed by atoms with Crippen LogP contribution < -0.4 is 14.4 Å². The van der Waals surface area contributed by atoms with Crippen molar-refractivity contribution in [1.82, 2.24) is 9.88 Å². The van der Waals surface area contributed by atoms with E-state index in [1.807, 2.05) is 18.3 Å². The second-order valence-electron chi connectivity index (χ2n) is 8.66. The third kappa shape index (κ3) is 5.68. The molecule has 2 fully saturated rings. The van der Waals surface area contributed by atoms with Crippen molar-refractivity contribution in [2.45, 2.75) is 32.0 Å². The van der Waals surface area contributed by atoms with Crippen LogP contribution in [0.25, 0.3) is 0 Å². The molecule has 1 aromatic heterocycles. The van der Waals surface area contributed by atoms with Gasteiger partial charge in [0.15, 0.2) is 11.5 Å². The lowest BCUT2D eigenvalue weighted by molar-refractivity contribution is -0.192. The van der Waals surface area contributed by atoms with Crippen LogP contribution in [0.15, 0.2) is 42.6 Å². The van der Waals surface area contributed by atoms with Crippen LogP contribution >= 0.6 is 0 Å². The van der Waals surface area contributed by atoms with Gasteiger partial charge in [-0.1, -0.05) is 12.1 Å². The highest BCUT2D eigenvalue weighted by atomic mass is 19.4. The Bertz CT molecular complexity index is 973. The zero-order valence-corrected chi connectivity index (χ0v) is 18.1. The van der Waals surface area contributed by atoms with Crippen molar-refractivity contribution in [2.75, 3.05) is 37.9 Å². The number of carbonyl (C=O) groups is 1. The Morgan fingerprint density at radius 2 is 1.88 bits per heavy atom. The van der Waals surface area contributed by atoms with E-state index in [4.69, 9.17) is 19.4 Å². The van der Waals surface area contributed by atoms with E-state index in [1.165, 1.54) is 37.9 Å². The van der Waals surface area contributed by atoms with E-state index in [9.17, 15) is 13.2 Å². The summed E-state index contributed by atoms with van der Waals surface area (Å²) in [4.78, 5) is 18.5. The van der Waals surface area contributed by atoms with Crippen LogP contribution in [0.2, 0.25) is 0 Å². The van der Waals surface area contributed by atoms with Crippen LogP contribution in [0.1, 0.15) is 24.8 Å². The number of hydrogen-bond acceptors (Lipinski definition) is 6. The quantitative estimate of drug-likeness (QED) is 0.736. The molecule has 0 bridgehead atoms. The Hall–Kier alpha value is -3.01. The maximum atomic E-state index is 10.6. The highest BCUT2D eigenvalue weighted by molar-refractivity contribution is 5.73. The standard InChI is InChI=1S/C21H25N3O2.C2HF3O2/c1-2-9-22-20(4-1)24-10-3-7-21(15-24)8-11-23(14-21)13-17-5-6-18-19(12-17)26-16-25-18;3-2(4,5)1(6)7/h1-2,4-6,9,12H,3,7-8,10-11,13-16H2;(H,6,7). The van der Waals surface area contributed by atoms with Gasteiger partial charge in [0.1, 0.15) is 5.82 Å². The Kier molecular flexibility index (Phi) is 6.64. The molecule has 33 heavy (non-hydrogen) atoms. The summed E-state index contributed by atoms with van der Waals surface area (Å²) in [5.74, 6) is 0.119. The first-order chi connectivity index (χ1) is 15.7. The van der Waals surface area contributed by atoms with E-state index < -0.39 is 12.1 Å². The number of fused-ring (bicyclic) bond motifs is 1. The van der Waals surface area contributed by atoms with Crippen molar-refractivity contribution in [3.63, 3.8) is 0 Å². The number of likely N-dealkylation sites (tertiary alicyclic amines) is 1. The number of piperidine rings is 1. The highest BCUT2D eigenvalue weighted by Gasteiger charge is 2.41. The van der Waals surface area contributed by atoms with Gasteiger partial charge in [-0.3, -0.25) is 4.90 Å². The lowest BCUT2D eigenvalue weighted by atomic mass is 9.79. The molecule has 0 saturated carbocycles. The molecule has 0 radical (unpaired) electrons. The van der Waals surface area contributed by atoms with Gasteiger partial charge in [0.2, 0.25) is 6.79 Å². The molecule has 3 aliphatic heterocycles. The van der Waals surface area contributed by atoms with Crippen LogP contribution in [0.4, 0.5) is 19.0 Å². The van der Waals surface area contributed by atoms with Gasteiger partial charge in [0.25, 0.3) is 0 Å². The van der Waals surface area contributed by atoms with Crippen molar-refractivity contribution in [3.8, 4) is 11.5 Å². The number of halogens is 3. The molecule has 3 aliphatic rings. The molecular formula is C23H26F3N3O4. The summed E-state index contributed by atoms with van der Waals surface area (Å²) < 4.78 is 42.7. The van der Waals surface area contributed by atoms with Gasteiger partial charge >= 0.3 is 12.1 Å². The van der Waals surface area contributed by atoms with Crippen molar-refractivity contribution in [3.05, 3.63) is 48.2 Å². The molecule has 4 heterocycles. The van der Waals surface area contributed by atoms with E-state index in [1.54, 1.807) is 0 Å². The number of pyridine rings is 1. The first-order valence-electron chi connectivity index (χ1n) is 10.8. The molecule has 0 aliphatic carbocycles. The summed E-state index contributed by atoms with van der Waals surface area (Å²) in [6.45, 7) is 5.93. The molecule has 1 N–H and O–H groups in total. The average Bonchev–Trinajstić information content (AvgIpc) is 3.41. The largest absolute Gasteiger partial charge is 0.490 e. The predicted molar refractivity (Wildman–Crippen MR) is 114 cm³/mol. The smallest absolute Gasteiger partial charge is 0.475 e. The van der Waals surface area contributed by atoms with Gasteiger partial charge in [-0.05, 0) is 55.6 Å². The lowest BCUT2D eigenvalue weighted by Crippen LogP contribution is -2.45. The van der Waals surface area contributed by atoms with Gasteiger partial charge in [0.05, 0.1) is 0 Å². The number of hydrogen-bond donors (Lipinski definition) is 1. The topological polar surface area (TPSA) is 75.1 Å². The number of nitrogens with zero attached hydrogens (tertiary/aromatic N) is 3. The summed E-state index contributed by atoms with van der Waals surface area (Å²) in [7, 11) is 0. The van der Waals surface area contributed by atoms with Crippen LogP contribution in [0.3, 0.4) is 0 Å². The molecule has 1 unspecified atom stereocenters. The maximum absolute atomic E-state index is 10.6. The summed E-state index contributed by atoms with van der Waals surface area (Å²) in [5, 5.41) is 7.12. The van der Waals surface area contributed by atoms with Gasteiger partial charge in [-0.25, -0.2) is 9.78 Å². The van der Waals surface area contributed by atoms with E-state index >= 15 is 0 Å². The third-order valence-electron chi connectivity index (χ3n) is 6.24. The number of rotatable bonds is 3. The first-order valence-corrected chi connectivity index (χ1v) is 10.8. The number of aromatic nitrogens is 1. The molecule has 0 amide bonds. The number of anilines is 1. The Labute approximate surface area is 189 Å².